The van der Waals surface area contributed by atoms with Crippen LogP contribution >= 0.6 is 0 Å². The predicted octanol–water partition coefficient (Wildman–Crippen LogP) is 2.91. The van der Waals surface area contributed by atoms with Crippen molar-refractivity contribution in [3.8, 4) is 17.1 Å². The third kappa shape index (κ3) is 5.91. The van der Waals surface area contributed by atoms with Gasteiger partial charge in [0.05, 0.1) is 19.6 Å². The summed E-state index contributed by atoms with van der Waals surface area (Å²) >= 11 is 0. The van der Waals surface area contributed by atoms with Gasteiger partial charge in [-0.1, -0.05) is 31.1 Å². The zero-order valence-electron chi connectivity index (χ0n) is 19.5. The maximum Gasteiger partial charge on any atom is 0.310 e. The van der Waals surface area contributed by atoms with Crippen LogP contribution in [0.1, 0.15) is 44.1 Å². The quantitative estimate of drug-likeness (QED) is 0.607. The number of esters is 1. The number of piperidine rings is 1. The fourth-order valence-electron chi connectivity index (χ4n) is 3.85. The van der Waals surface area contributed by atoms with Gasteiger partial charge in [-0.3, -0.25) is 14.4 Å². The molecule has 178 valence electrons. The summed E-state index contributed by atoms with van der Waals surface area (Å²) in [6.07, 6.45) is 1.40. The molecular weight excluding hydrogens is 426 g/mol. The highest BCUT2D eigenvalue weighted by atomic mass is 16.5. The largest absolute Gasteiger partial charge is 0.497 e. The number of amides is 2. The van der Waals surface area contributed by atoms with Crippen molar-refractivity contribution in [1.29, 1.82) is 0 Å². The number of benzene rings is 1. The molecule has 0 saturated carbocycles. The number of nitrogens with zero attached hydrogens (tertiary/aromatic N) is 2. The first kappa shape index (κ1) is 24.3. The van der Waals surface area contributed by atoms with E-state index in [-0.39, 0.29) is 29.4 Å². The fraction of sp³-hybridized carbons (Fsp3) is 0.500. The molecule has 0 unspecified atom stereocenters. The Balaban J connectivity index is 1.69. The summed E-state index contributed by atoms with van der Waals surface area (Å²) in [5.41, 5.74) is 0.796. The molecule has 0 radical (unpaired) electrons. The molecule has 2 heterocycles. The van der Waals surface area contributed by atoms with Crippen LogP contribution in [0.4, 0.5) is 0 Å². The van der Waals surface area contributed by atoms with Crippen molar-refractivity contribution >= 4 is 17.8 Å². The van der Waals surface area contributed by atoms with Gasteiger partial charge >= 0.3 is 5.97 Å². The average Bonchev–Trinajstić information content (AvgIpc) is 3.32. The van der Waals surface area contributed by atoms with Crippen LogP contribution in [0.2, 0.25) is 0 Å². The second-order valence-electron chi connectivity index (χ2n) is 8.38. The number of carbonyl (C=O) groups excluding carboxylic acids is 3. The average molecular weight is 458 g/mol. The van der Waals surface area contributed by atoms with Crippen LogP contribution in [-0.2, 0) is 14.3 Å². The Labute approximate surface area is 193 Å². The molecular formula is C24H31N3O6. The third-order valence-electron chi connectivity index (χ3n) is 5.67. The van der Waals surface area contributed by atoms with E-state index in [4.69, 9.17) is 14.0 Å². The van der Waals surface area contributed by atoms with Gasteiger partial charge < -0.3 is 24.2 Å². The summed E-state index contributed by atoms with van der Waals surface area (Å²) in [5, 5.41) is 6.67. The van der Waals surface area contributed by atoms with Gasteiger partial charge in [-0.05, 0) is 37.8 Å². The molecule has 3 rings (SSSR count). The molecule has 1 aliphatic heterocycles. The van der Waals surface area contributed by atoms with Gasteiger partial charge in [0.1, 0.15) is 11.8 Å². The van der Waals surface area contributed by atoms with E-state index in [0.717, 1.165) is 5.56 Å². The van der Waals surface area contributed by atoms with Crippen LogP contribution in [0.25, 0.3) is 11.3 Å². The molecule has 0 aliphatic carbocycles. The minimum Gasteiger partial charge on any atom is -0.497 e. The van der Waals surface area contributed by atoms with Crippen molar-refractivity contribution in [1.82, 2.24) is 15.4 Å². The molecule has 1 N–H and O–H groups in total. The predicted molar refractivity (Wildman–Crippen MR) is 121 cm³/mol. The molecule has 0 bridgehead atoms. The molecule has 33 heavy (non-hydrogen) atoms. The summed E-state index contributed by atoms with van der Waals surface area (Å²) in [6.45, 7) is 6.62. The van der Waals surface area contributed by atoms with E-state index in [1.54, 1.807) is 31.1 Å². The number of likely N-dealkylation sites (tertiary alicyclic amines) is 1. The van der Waals surface area contributed by atoms with Crippen LogP contribution in [-0.4, -0.2) is 60.7 Å². The van der Waals surface area contributed by atoms with Crippen LogP contribution in [0.15, 0.2) is 34.9 Å². The summed E-state index contributed by atoms with van der Waals surface area (Å²) < 4.78 is 15.7. The Morgan fingerprint density at radius 1 is 1.27 bits per heavy atom. The van der Waals surface area contributed by atoms with E-state index < -0.39 is 11.9 Å². The number of rotatable bonds is 8. The minimum atomic E-state index is -0.754. The van der Waals surface area contributed by atoms with Crippen molar-refractivity contribution in [2.24, 2.45) is 11.8 Å². The van der Waals surface area contributed by atoms with Crippen molar-refractivity contribution < 1.29 is 28.4 Å². The molecule has 0 spiro atoms. The maximum atomic E-state index is 13.2. The Kier molecular flexibility index (Phi) is 8.08. The van der Waals surface area contributed by atoms with Crippen LogP contribution in [0.3, 0.4) is 0 Å². The van der Waals surface area contributed by atoms with Gasteiger partial charge in [-0.25, -0.2) is 0 Å². The minimum absolute atomic E-state index is 0.0781. The lowest BCUT2D eigenvalue weighted by atomic mass is 9.95. The summed E-state index contributed by atoms with van der Waals surface area (Å²) in [6, 6.07) is 7.99. The molecule has 1 fully saturated rings. The van der Waals surface area contributed by atoms with E-state index in [2.05, 4.69) is 10.5 Å². The summed E-state index contributed by atoms with van der Waals surface area (Å²) in [5.74, 6) is -0.431. The first-order valence-corrected chi connectivity index (χ1v) is 11.2. The highest BCUT2D eigenvalue weighted by molar-refractivity contribution is 5.97. The number of nitrogens with one attached hydrogen (secondary N) is 1. The van der Waals surface area contributed by atoms with Crippen molar-refractivity contribution in [3.63, 3.8) is 0 Å². The van der Waals surface area contributed by atoms with E-state index in [9.17, 15) is 14.4 Å². The molecule has 1 aromatic heterocycles. The second-order valence-corrected chi connectivity index (χ2v) is 8.38. The topological polar surface area (TPSA) is 111 Å². The highest BCUT2D eigenvalue weighted by Gasteiger charge is 2.35. The number of ether oxygens (including phenoxy) is 2. The Bertz CT molecular complexity index is 986. The number of hydrogen-bond acceptors (Lipinski definition) is 7. The molecule has 9 nitrogen and oxygen atoms in total. The van der Waals surface area contributed by atoms with Crippen LogP contribution in [0, 0.1) is 11.8 Å². The lowest BCUT2D eigenvalue weighted by Gasteiger charge is -2.35. The van der Waals surface area contributed by atoms with E-state index in [1.165, 1.54) is 6.07 Å². The Morgan fingerprint density at radius 3 is 2.76 bits per heavy atom. The van der Waals surface area contributed by atoms with Crippen LogP contribution in [0.5, 0.6) is 5.75 Å². The smallest absolute Gasteiger partial charge is 0.310 e. The summed E-state index contributed by atoms with van der Waals surface area (Å²) in [4.78, 5) is 39.9. The number of carbonyl (C=O) groups is 3. The third-order valence-corrected chi connectivity index (χ3v) is 5.67. The second kappa shape index (κ2) is 11.0. The van der Waals surface area contributed by atoms with E-state index in [0.29, 0.717) is 44.0 Å². The maximum absolute atomic E-state index is 13.2. The zero-order valence-corrected chi connectivity index (χ0v) is 19.5. The van der Waals surface area contributed by atoms with E-state index >= 15 is 0 Å². The van der Waals surface area contributed by atoms with Crippen molar-refractivity contribution in [2.45, 2.75) is 39.7 Å². The number of methoxy groups -OCH3 is 1. The van der Waals surface area contributed by atoms with Gasteiger partial charge in [0.2, 0.25) is 5.91 Å². The molecule has 9 heteroatoms. The zero-order chi connectivity index (χ0) is 24.0. The first-order valence-electron chi connectivity index (χ1n) is 11.2. The lowest BCUT2D eigenvalue weighted by Crippen LogP contribution is -2.54. The fourth-order valence-corrected chi connectivity index (χ4v) is 3.85. The monoisotopic (exact) mass is 457 g/mol. The highest BCUT2D eigenvalue weighted by Crippen LogP contribution is 2.25. The standard InChI is InChI=1S/C24H31N3O6/c1-5-32-24(30)17-9-7-11-27(14-17)23(29)21(15(2)3)25-22(28)19-13-20(33-26-19)16-8-6-10-18(12-16)31-4/h6,8,10,12-13,15,17,21H,5,7,9,11,14H2,1-4H3,(H,25,28)/t17-,21-/m1/s1. The number of hydrogen-bond donors (Lipinski definition) is 1. The molecule has 1 aromatic carbocycles. The van der Waals surface area contributed by atoms with Gasteiger partial charge in [-0.15, -0.1) is 0 Å². The first-order chi connectivity index (χ1) is 15.8. The molecule has 2 atom stereocenters. The van der Waals surface area contributed by atoms with Gasteiger partial charge in [0, 0.05) is 24.7 Å². The normalized spacial score (nSPS) is 16.9. The van der Waals surface area contributed by atoms with Gasteiger partial charge in [-0.2, -0.15) is 0 Å². The van der Waals surface area contributed by atoms with Gasteiger partial charge in [0.15, 0.2) is 11.5 Å². The van der Waals surface area contributed by atoms with Crippen molar-refractivity contribution in [2.75, 3.05) is 26.8 Å². The van der Waals surface area contributed by atoms with Crippen LogP contribution < -0.4 is 10.1 Å². The molecule has 2 aromatic rings. The van der Waals surface area contributed by atoms with E-state index in [1.807, 2.05) is 26.0 Å². The van der Waals surface area contributed by atoms with Crippen molar-refractivity contribution in [3.05, 3.63) is 36.0 Å². The lowest BCUT2D eigenvalue weighted by molar-refractivity contribution is -0.151. The Morgan fingerprint density at radius 2 is 2.06 bits per heavy atom. The Hall–Kier alpha value is -3.36. The van der Waals surface area contributed by atoms with Gasteiger partial charge in [0.25, 0.3) is 5.91 Å². The molecule has 2 amide bonds. The SMILES string of the molecule is CCOC(=O)[C@@H]1CCCN(C(=O)[C@H](NC(=O)c2cc(-c3cccc(OC)c3)on2)C(C)C)C1. The summed E-state index contributed by atoms with van der Waals surface area (Å²) in [7, 11) is 1.57. The molecule has 1 aliphatic rings. The number of aromatic nitrogens is 1. The molecule has 1 saturated heterocycles.